The Morgan fingerprint density at radius 2 is 2.24 bits per heavy atom. The molecule has 1 amide bonds. The van der Waals surface area contributed by atoms with Crippen molar-refractivity contribution in [1.82, 2.24) is 5.32 Å². The molecule has 0 aromatic heterocycles. The van der Waals surface area contributed by atoms with Gasteiger partial charge in [-0.15, -0.1) is 0 Å². The van der Waals surface area contributed by atoms with Gasteiger partial charge in [0.15, 0.2) is 0 Å². The van der Waals surface area contributed by atoms with E-state index in [1.54, 1.807) is 0 Å². The Morgan fingerprint density at radius 1 is 1.52 bits per heavy atom. The van der Waals surface area contributed by atoms with Crippen LogP contribution >= 0.6 is 0 Å². The zero-order valence-electron chi connectivity index (χ0n) is 11.4. The van der Waals surface area contributed by atoms with Gasteiger partial charge in [-0.25, -0.2) is 9.18 Å². The Bertz CT molecular complexity index is 580. The molecule has 3 N–H and O–H groups in total. The molecule has 21 heavy (non-hydrogen) atoms. The lowest BCUT2D eigenvalue weighted by molar-refractivity contribution is -0.121. The monoisotopic (exact) mass is 295 g/mol. The maximum Gasteiger partial charge on any atom is 0.547 e. The van der Waals surface area contributed by atoms with E-state index in [-0.39, 0.29) is 23.6 Å². The minimum absolute atomic E-state index is 0.0580. The fraction of sp³-hybridized carbons (Fsp3) is 0.385. The van der Waals surface area contributed by atoms with Gasteiger partial charge in [-0.1, -0.05) is 6.92 Å². The molecule has 0 fully saturated rings. The SMILES string of the molecule is CCCC(=O)N[C@H]1Cc2cc(F)cc(C(=O)O)c2OB1O. The molecule has 0 saturated carbocycles. The lowest BCUT2D eigenvalue weighted by Crippen LogP contribution is -2.53. The first kappa shape index (κ1) is 15.3. The predicted octanol–water partition coefficient (Wildman–Crippen LogP) is 0.763. The molecule has 0 aliphatic carbocycles. The van der Waals surface area contributed by atoms with E-state index in [9.17, 15) is 19.0 Å². The molecule has 0 saturated heterocycles. The van der Waals surface area contributed by atoms with Gasteiger partial charge in [0.2, 0.25) is 5.91 Å². The number of hydrogen-bond acceptors (Lipinski definition) is 4. The Kier molecular flexibility index (Phi) is 4.47. The van der Waals surface area contributed by atoms with E-state index in [0.717, 1.165) is 12.1 Å². The van der Waals surface area contributed by atoms with E-state index in [0.29, 0.717) is 18.4 Å². The number of aromatic carboxylic acids is 1. The first-order chi connectivity index (χ1) is 9.92. The van der Waals surface area contributed by atoms with Gasteiger partial charge in [0.1, 0.15) is 17.1 Å². The minimum atomic E-state index is -1.37. The molecule has 0 bridgehead atoms. The van der Waals surface area contributed by atoms with Gasteiger partial charge in [-0.2, -0.15) is 0 Å². The van der Waals surface area contributed by atoms with Crippen LogP contribution < -0.4 is 9.97 Å². The first-order valence-corrected chi connectivity index (χ1v) is 6.62. The summed E-state index contributed by atoms with van der Waals surface area (Å²) >= 11 is 0. The van der Waals surface area contributed by atoms with Crippen LogP contribution in [0.4, 0.5) is 4.39 Å². The summed E-state index contributed by atoms with van der Waals surface area (Å²) in [7, 11) is -1.37. The highest BCUT2D eigenvalue weighted by Gasteiger charge is 2.38. The number of halogens is 1. The third kappa shape index (κ3) is 3.33. The molecule has 1 aliphatic rings. The van der Waals surface area contributed by atoms with Crippen molar-refractivity contribution >= 4 is 19.0 Å². The summed E-state index contributed by atoms with van der Waals surface area (Å²) in [5, 5.41) is 21.5. The summed E-state index contributed by atoms with van der Waals surface area (Å²) in [5.74, 6) is -3.09. The summed E-state index contributed by atoms with van der Waals surface area (Å²) < 4.78 is 18.6. The highest BCUT2D eigenvalue weighted by Crippen LogP contribution is 2.31. The summed E-state index contributed by atoms with van der Waals surface area (Å²) in [4.78, 5) is 22.6. The van der Waals surface area contributed by atoms with E-state index in [1.807, 2.05) is 6.92 Å². The predicted molar refractivity (Wildman–Crippen MR) is 72.5 cm³/mol. The molecule has 8 heteroatoms. The molecule has 1 heterocycles. The number of carbonyl (C=O) groups is 2. The molecule has 6 nitrogen and oxygen atoms in total. The molecule has 2 rings (SSSR count). The third-order valence-corrected chi connectivity index (χ3v) is 3.21. The Hall–Kier alpha value is -2.09. The summed E-state index contributed by atoms with van der Waals surface area (Å²) in [6, 6.07) is 1.98. The number of carboxylic acid groups (broad SMARTS) is 1. The van der Waals surface area contributed by atoms with Crippen LogP contribution in [0.3, 0.4) is 0 Å². The van der Waals surface area contributed by atoms with Crippen molar-refractivity contribution < 1.29 is 28.8 Å². The molecule has 1 aromatic rings. The van der Waals surface area contributed by atoms with Crippen molar-refractivity contribution in [2.75, 3.05) is 0 Å². The van der Waals surface area contributed by atoms with Gasteiger partial charge in [-0.05, 0) is 30.5 Å². The average Bonchev–Trinajstić information content (AvgIpc) is 2.39. The van der Waals surface area contributed by atoms with E-state index in [1.165, 1.54) is 0 Å². The first-order valence-electron chi connectivity index (χ1n) is 6.62. The molecular weight excluding hydrogens is 280 g/mol. The zero-order valence-corrected chi connectivity index (χ0v) is 11.4. The quantitative estimate of drug-likeness (QED) is 0.713. The van der Waals surface area contributed by atoms with Crippen LogP contribution in [-0.4, -0.2) is 35.1 Å². The van der Waals surface area contributed by atoms with E-state index in [2.05, 4.69) is 5.32 Å². The largest absolute Gasteiger partial charge is 0.547 e. The van der Waals surface area contributed by atoms with Gasteiger partial charge >= 0.3 is 13.1 Å². The molecule has 1 aromatic carbocycles. The Balaban J connectivity index is 2.26. The molecule has 112 valence electrons. The molecule has 0 unspecified atom stereocenters. The lowest BCUT2D eigenvalue weighted by atomic mass is 9.72. The lowest BCUT2D eigenvalue weighted by Gasteiger charge is -2.29. The van der Waals surface area contributed by atoms with Crippen molar-refractivity contribution in [3.05, 3.63) is 29.1 Å². The van der Waals surface area contributed by atoms with E-state index in [4.69, 9.17) is 9.76 Å². The minimum Gasteiger partial charge on any atom is -0.534 e. The van der Waals surface area contributed by atoms with Gasteiger partial charge < -0.3 is 20.1 Å². The van der Waals surface area contributed by atoms with Crippen LogP contribution in [0.2, 0.25) is 0 Å². The number of benzene rings is 1. The fourth-order valence-corrected chi connectivity index (χ4v) is 2.27. The number of amides is 1. The zero-order chi connectivity index (χ0) is 15.6. The maximum atomic E-state index is 13.5. The number of hydrogen-bond donors (Lipinski definition) is 3. The van der Waals surface area contributed by atoms with Gasteiger partial charge in [0.05, 0.1) is 5.94 Å². The highest BCUT2D eigenvalue weighted by molar-refractivity contribution is 6.47. The third-order valence-electron chi connectivity index (χ3n) is 3.21. The Morgan fingerprint density at radius 3 is 2.86 bits per heavy atom. The Labute approximate surface area is 121 Å². The molecule has 1 aliphatic heterocycles. The fourth-order valence-electron chi connectivity index (χ4n) is 2.27. The topological polar surface area (TPSA) is 95.9 Å². The summed E-state index contributed by atoms with van der Waals surface area (Å²) in [6.07, 6.45) is 1.06. The van der Waals surface area contributed by atoms with Crippen LogP contribution in [0.1, 0.15) is 35.7 Å². The van der Waals surface area contributed by atoms with Crippen molar-refractivity contribution in [2.45, 2.75) is 32.1 Å². The number of rotatable bonds is 4. The van der Waals surface area contributed by atoms with Crippen LogP contribution in [0.5, 0.6) is 5.75 Å². The standard InChI is InChI=1S/C13H15BFNO5/c1-2-3-11(17)16-10-5-7-4-8(15)6-9(13(18)19)12(7)21-14(10)20/h4,6,10,20H,2-3,5H2,1H3,(H,16,17)(H,18,19)/t10-/m0/s1. The number of carboxylic acids is 1. The second-order valence-corrected chi connectivity index (χ2v) is 4.88. The van der Waals surface area contributed by atoms with Crippen LogP contribution in [0.25, 0.3) is 0 Å². The van der Waals surface area contributed by atoms with E-state index >= 15 is 0 Å². The van der Waals surface area contributed by atoms with Crippen molar-refractivity contribution in [1.29, 1.82) is 0 Å². The maximum absolute atomic E-state index is 13.5. The van der Waals surface area contributed by atoms with Gasteiger partial charge in [0, 0.05) is 6.42 Å². The molecule has 0 spiro atoms. The average molecular weight is 295 g/mol. The van der Waals surface area contributed by atoms with Crippen LogP contribution in [-0.2, 0) is 11.2 Å². The normalized spacial score (nSPS) is 16.9. The van der Waals surface area contributed by atoms with Gasteiger partial charge in [-0.3, -0.25) is 4.79 Å². The van der Waals surface area contributed by atoms with Crippen LogP contribution in [0.15, 0.2) is 12.1 Å². The van der Waals surface area contributed by atoms with Crippen molar-refractivity contribution in [3.63, 3.8) is 0 Å². The number of nitrogens with one attached hydrogen (secondary N) is 1. The second-order valence-electron chi connectivity index (χ2n) is 4.88. The smallest absolute Gasteiger partial charge is 0.534 e. The molecular formula is C13H15BFNO5. The summed E-state index contributed by atoms with van der Waals surface area (Å²) in [5.41, 5.74) is -0.0399. The van der Waals surface area contributed by atoms with Crippen LogP contribution in [0, 0.1) is 5.82 Å². The number of fused-ring (bicyclic) bond motifs is 1. The molecule has 0 radical (unpaired) electrons. The second kappa shape index (κ2) is 6.13. The van der Waals surface area contributed by atoms with Crippen molar-refractivity contribution in [3.8, 4) is 5.75 Å². The number of carbonyl (C=O) groups excluding carboxylic acids is 1. The highest BCUT2D eigenvalue weighted by atomic mass is 19.1. The molecule has 1 atom stereocenters. The van der Waals surface area contributed by atoms with E-state index < -0.39 is 24.8 Å². The summed E-state index contributed by atoms with van der Waals surface area (Å²) in [6.45, 7) is 1.84. The van der Waals surface area contributed by atoms with Crippen molar-refractivity contribution in [2.24, 2.45) is 0 Å². The van der Waals surface area contributed by atoms with Gasteiger partial charge in [0.25, 0.3) is 0 Å².